The van der Waals surface area contributed by atoms with E-state index in [4.69, 9.17) is 0 Å². The minimum atomic E-state index is -0.174. The fourth-order valence-corrected chi connectivity index (χ4v) is 2.48. The summed E-state index contributed by atoms with van der Waals surface area (Å²) < 4.78 is 0. The van der Waals surface area contributed by atoms with Crippen LogP contribution in [0.5, 0.6) is 5.75 Å². The Kier molecular flexibility index (Phi) is 5.61. The predicted octanol–water partition coefficient (Wildman–Crippen LogP) is 3.80. The van der Waals surface area contributed by atoms with Gasteiger partial charge in [0.15, 0.2) is 0 Å². The number of phenols is 1. The van der Waals surface area contributed by atoms with Crippen LogP contribution in [0.4, 0.5) is 0 Å². The maximum absolute atomic E-state index is 12.4. The van der Waals surface area contributed by atoms with Crippen LogP contribution < -0.4 is 0 Å². The first-order valence-electron chi connectivity index (χ1n) is 7.45. The smallest absolute Gasteiger partial charge is 0.229 e. The molecule has 0 bridgehead atoms. The molecule has 0 radical (unpaired) electrons. The van der Waals surface area contributed by atoms with E-state index in [1.807, 2.05) is 44.7 Å². The van der Waals surface area contributed by atoms with Crippen molar-refractivity contribution < 1.29 is 9.90 Å². The number of aromatic hydroxyl groups is 1. The Morgan fingerprint density at radius 2 is 1.75 bits per heavy atom. The molecule has 0 saturated carbocycles. The number of amides is 1. The van der Waals surface area contributed by atoms with Gasteiger partial charge in [0.25, 0.3) is 0 Å². The van der Waals surface area contributed by atoms with Crippen molar-refractivity contribution in [1.29, 1.82) is 0 Å². The molecule has 1 atom stereocenters. The summed E-state index contributed by atoms with van der Waals surface area (Å²) in [5.41, 5.74) is 2.74. The zero-order valence-corrected chi connectivity index (χ0v) is 13.5. The van der Waals surface area contributed by atoms with Crippen molar-refractivity contribution in [3.63, 3.8) is 0 Å². The van der Waals surface area contributed by atoms with Crippen LogP contribution in [0.3, 0.4) is 0 Å². The quantitative estimate of drug-likeness (QED) is 0.889. The first kappa shape index (κ1) is 16.5. The van der Waals surface area contributed by atoms with Gasteiger partial charge in [-0.25, -0.2) is 0 Å². The third-order valence-corrected chi connectivity index (χ3v) is 3.92. The molecular formula is C17H27NO2. The van der Waals surface area contributed by atoms with Crippen LogP contribution in [0.1, 0.15) is 63.1 Å². The summed E-state index contributed by atoms with van der Waals surface area (Å²) in [6.07, 6.45) is 0. The van der Waals surface area contributed by atoms with E-state index in [0.29, 0.717) is 5.75 Å². The molecule has 3 nitrogen and oxygen atoms in total. The van der Waals surface area contributed by atoms with Crippen LogP contribution in [-0.2, 0) is 4.79 Å². The van der Waals surface area contributed by atoms with E-state index < -0.39 is 0 Å². The summed E-state index contributed by atoms with van der Waals surface area (Å²) in [4.78, 5) is 14.3. The lowest BCUT2D eigenvalue weighted by Gasteiger charge is -2.24. The van der Waals surface area contributed by atoms with Crippen LogP contribution in [0.15, 0.2) is 12.1 Å². The van der Waals surface area contributed by atoms with Gasteiger partial charge in [-0.1, -0.05) is 26.0 Å². The molecule has 0 aliphatic heterocycles. The third-order valence-electron chi connectivity index (χ3n) is 3.92. The highest BCUT2D eigenvalue weighted by Crippen LogP contribution is 2.33. The topological polar surface area (TPSA) is 40.5 Å². The number of benzene rings is 1. The van der Waals surface area contributed by atoms with Crippen molar-refractivity contribution >= 4 is 5.91 Å². The van der Waals surface area contributed by atoms with E-state index in [9.17, 15) is 9.90 Å². The summed E-state index contributed by atoms with van der Waals surface area (Å²) in [6, 6.07) is 3.90. The van der Waals surface area contributed by atoms with E-state index in [-0.39, 0.29) is 17.7 Å². The number of carbonyl (C=O) groups is 1. The molecule has 1 amide bonds. The van der Waals surface area contributed by atoms with Gasteiger partial charge in [-0.3, -0.25) is 4.79 Å². The summed E-state index contributed by atoms with van der Waals surface area (Å²) in [7, 11) is 0. The summed E-state index contributed by atoms with van der Waals surface area (Å²) >= 11 is 0. The average molecular weight is 277 g/mol. The van der Waals surface area contributed by atoms with E-state index in [0.717, 1.165) is 29.8 Å². The van der Waals surface area contributed by atoms with Gasteiger partial charge >= 0.3 is 0 Å². The first-order valence-corrected chi connectivity index (χ1v) is 7.45. The highest BCUT2D eigenvalue weighted by molar-refractivity contribution is 5.83. The van der Waals surface area contributed by atoms with Crippen LogP contribution in [-0.4, -0.2) is 29.0 Å². The molecule has 0 fully saturated rings. The fraction of sp³-hybridized carbons (Fsp3) is 0.588. The van der Waals surface area contributed by atoms with Crippen LogP contribution >= 0.6 is 0 Å². The lowest BCUT2D eigenvalue weighted by atomic mass is 9.91. The molecule has 0 saturated heterocycles. The summed E-state index contributed by atoms with van der Waals surface area (Å²) in [6.45, 7) is 13.4. The number of hydrogen-bond acceptors (Lipinski definition) is 2. The second kappa shape index (κ2) is 6.78. The SMILES string of the molecule is CCN(CC)C(=O)C(C)c1cc(C)c(O)c(C(C)C)c1. The molecular weight excluding hydrogens is 250 g/mol. The highest BCUT2D eigenvalue weighted by atomic mass is 16.3. The van der Waals surface area contributed by atoms with Crippen LogP contribution in [0.2, 0.25) is 0 Å². The number of aryl methyl sites for hydroxylation is 1. The minimum Gasteiger partial charge on any atom is -0.507 e. The van der Waals surface area contributed by atoms with Crippen molar-refractivity contribution in [2.45, 2.75) is 53.4 Å². The zero-order chi connectivity index (χ0) is 15.4. The Morgan fingerprint density at radius 1 is 1.20 bits per heavy atom. The van der Waals surface area contributed by atoms with E-state index in [1.54, 1.807) is 0 Å². The van der Waals surface area contributed by atoms with Crippen molar-refractivity contribution in [3.05, 3.63) is 28.8 Å². The molecule has 0 aliphatic rings. The van der Waals surface area contributed by atoms with Crippen molar-refractivity contribution in [1.82, 2.24) is 4.90 Å². The number of nitrogens with zero attached hydrogens (tertiary/aromatic N) is 1. The summed E-state index contributed by atoms with van der Waals surface area (Å²) in [5, 5.41) is 10.1. The number of likely N-dealkylation sites (N-methyl/N-ethyl adjacent to an activating group) is 1. The standard InChI is InChI=1S/C17H27NO2/c1-7-18(8-2)17(20)13(6)14-9-12(5)16(19)15(10-14)11(3)4/h9-11,13,19H,7-8H2,1-6H3. The van der Waals surface area contributed by atoms with E-state index >= 15 is 0 Å². The Labute approximate surface area is 122 Å². The number of phenolic OH excluding ortho intramolecular Hbond substituents is 1. The zero-order valence-electron chi connectivity index (χ0n) is 13.5. The van der Waals surface area contributed by atoms with Crippen molar-refractivity contribution in [2.75, 3.05) is 13.1 Å². The lowest BCUT2D eigenvalue weighted by molar-refractivity contribution is -0.132. The largest absolute Gasteiger partial charge is 0.507 e. The van der Waals surface area contributed by atoms with E-state index in [2.05, 4.69) is 13.8 Å². The van der Waals surface area contributed by atoms with Gasteiger partial charge in [-0.15, -0.1) is 0 Å². The van der Waals surface area contributed by atoms with Crippen molar-refractivity contribution in [3.8, 4) is 5.75 Å². The fourth-order valence-electron chi connectivity index (χ4n) is 2.48. The average Bonchev–Trinajstić information content (AvgIpc) is 2.41. The Balaban J connectivity index is 3.16. The predicted molar refractivity (Wildman–Crippen MR) is 83.3 cm³/mol. The van der Waals surface area contributed by atoms with Gasteiger partial charge in [0.05, 0.1) is 5.92 Å². The summed E-state index contributed by atoms with van der Waals surface area (Å²) in [5.74, 6) is 0.567. The van der Waals surface area contributed by atoms with E-state index in [1.165, 1.54) is 0 Å². The van der Waals surface area contributed by atoms with Crippen LogP contribution in [0.25, 0.3) is 0 Å². The first-order chi connectivity index (χ1) is 9.33. The highest BCUT2D eigenvalue weighted by Gasteiger charge is 2.22. The van der Waals surface area contributed by atoms with Gasteiger partial charge in [0, 0.05) is 13.1 Å². The molecule has 0 aliphatic carbocycles. The van der Waals surface area contributed by atoms with Gasteiger partial charge in [0.2, 0.25) is 5.91 Å². The Bertz CT molecular complexity index is 476. The number of hydrogen-bond donors (Lipinski definition) is 1. The minimum absolute atomic E-state index is 0.148. The number of rotatable bonds is 5. The lowest BCUT2D eigenvalue weighted by Crippen LogP contribution is -2.33. The monoisotopic (exact) mass is 277 g/mol. The molecule has 1 N–H and O–H groups in total. The molecule has 1 rings (SSSR count). The molecule has 1 aromatic rings. The third kappa shape index (κ3) is 3.33. The van der Waals surface area contributed by atoms with Gasteiger partial charge in [-0.2, -0.15) is 0 Å². The second-order valence-corrected chi connectivity index (χ2v) is 5.66. The Morgan fingerprint density at radius 3 is 2.20 bits per heavy atom. The molecule has 0 aromatic heterocycles. The molecule has 112 valence electrons. The molecule has 1 unspecified atom stereocenters. The normalized spacial score (nSPS) is 12.6. The molecule has 1 aromatic carbocycles. The van der Waals surface area contributed by atoms with Crippen LogP contribution in [0, 0.1) is 6.92 Å². The number of carbonyl (C=O) groups excluding carboxylic acids is 1. The van der Waals surface area contributed by atoms with Gasteiger partial charge in [0.1, 0.15) is 5.75 Å². The van der Waals surface area contributed by atoms with Crippen molar-refractivity contribution in [2.24, 2.45) is 0 Å². The maximum Gasteiger partial charge on any atom is 0.229 e. The molecule has 3 heteroatoms. The molecule has 0 heterocycles. The van der Waals surface area contributed by atoms with Gasteiger partial charge < -0.3 is 10.0 Å². The maximum atomic E-state index is 12.4. The Hall–Kier alpha value is -1.51. The molecule has 0 spiro atoms. The second-order valence-electron chi connectivity index (χ2n) is 5.66. The van der Waals surface area contributed by atoms with Gasteiger partial charge in [-0.05, 0) is 50.3 Å². The molecule has 20 heavy (non-hydrogen) atoms.